The Kier molecular flexibility index (Phi) is 6.90. The zero-order chi connectivity index (χ0) is 21.6. The van der Waals surface area contributed by atoms with Crippen molar-refractivity contribution in [1.29, 1.82) is 0 Å². The maximum Gasteiger partial charge on any atom is 0.358 e. The first-order chi connectivity index (χ1) is 14.4. The monoisotopic (exact) mass is 423 g/mol. The molecule has 0 aliphatic carbocycles. The van der Waals surface area contributed by atoms with Gasteiger partial charge in [-0.05, 0) is 78.9 Å². The quantitative estimate of drug-likeness (QED) is 0.323. The van der Waals surface area contributed by atoms with Gasteiger partial charge in [0.25, 0.3) is 0 Å². The third kappa shape index (κ3) is 5.48. The van der Waals surface area contributed by atoms with Crippen molar-refractivity contribution in [2.45, 2.75) is 38.0 Å². The highest BCUT2D eigenvalue weighted by Crippen LogP contribution is 2.23. The van der Waals surface area contributed by atoms with Gasteiger partial charge in [-0.25, -0.2) is 0 Å². The number of oxime groups is 1. The number of hydrogen-bond donors (Lipinski definition) is 0. The summed E-state index contributed by atoms with van der Waals surface area (Å²) < 4.78 is 35.5. The summed E-state index contributed by atoms with van der Waals surface area (Å²) in [6, 6.07) is 23.4. The van der Waals surface area contributed by atoms with E-state index in [0.29, 0.717) is 17.4 Å². The molecule has 156 valence electrons. The number of benzene rings is 3. The van der Waals surface area contributed by atoms with E-state index in [1.165, 1.54) is 0 Å². The number of nitrogens with zero attached hydrogens (tertiary/aromatic N) is 1. The number of rotatable bonds is 8. The zero-order valence-corrected chi connectivity index (χ0v) is 18.1. The molecule has 5 nitrogen and oxygen atoms in total. The van der Waals surface area contributed by atoms with E-state index in [4.69, 9.17) is 9.02 Å². The van der Waals surface area contributed by atoms with E-state index in [2.05, 4.69) is 19.0 Å². The molecule has 0 spiro atoms. The van der Waals surface area contributed by atoms with Crippen LogP contribution in [-0.2, 0) is 14.4 Å². The second-order valence-electron chi connectivity index (χ2n) is 7.02. The minimum absolute atomic E-state index is 0.0812. The van der Waals surface area contributed by atoms with Crippen molar-refractivity contribution in [3.8, 4) is 11.5 Å². The molecule has 0 aliphatic rings. The van der Waals surface area contributed by atoms with Gasteiger partial charge in [-0.2, -0.15) is 8.42 Å². The van der Waals surface area contributed by atoms with Crippen LogP contribution >= 0.6 is 0 Å². The minimum Gasteiger partial charge on any atom is -0.457 e. The van der Waals surface area contributed by atoms with E-state index < -0.39 is 10.1 Å². The molecule has 1 unspecified atom stereocenters. The molecule has 0 aromatic heterocycles. The Balaban J connectivity index is 1.67. The first-order valence-electron chi connectivity index (χ1n) is 9.80. The summed E-state index contributed by atoms with van der Waals surface area (Å²) in [6.45, 7) is 5.88. The third-order valence-electron chi connectivity index (χ3n) is 4.87. The lowest BCUT2D eigenvalue weighted by atomic mass is 9.99. The maximum atomic E-state index is 12.4. The molecule has 3 aromatic rings. The molecular formula is C24H25NO4S. The fourth-order valence-electron chi connectivity index (χ4n) is 2.79. The highest BCUT2D eigenvalue weighted by molar-refractivity contribution is 7.86. The molecule has 3 aromatic carbocycles. The van der Waals surface area contributed by atoms with Crippen LogP contribution < -0.4 is 4.74 Å². The second-order valence-corrected chi connectivity index (χ2v) is 8.55. The summed E-state index contributed by atoms with van der Waals surface area (Å²) in [7, 11) is -3.97. The molecule has 0 saturated heterocycles. The molecular weight excluding hydrogens is 398 g/mol. The summed E-state index contributed by atoms with van der Waals surface area (Å²) in [6.07, 6.45) is 0.987. The van der Waals surface area contributed by atoms with Crippen molar-refractivity contribution in [2.75, 3.05) is 0 Å². The van der Waals surface area contributed by atoms with Crippen LogP contribution in [0.15, 0.2) is 88.9 Å². The fourth-order valence-corrected chi connectivity index (χ4v) is 3.55. The van der Waals surface area contributed by atoms with E-state index in [0.717, 1.165) is 23.3 Å². The first kappa shape index (κ1) is 21.6. The van der Waals surface area contributed by atoms with Crippen molar-refractivity contribution in [3.63, 3.8) is 0 Å². The van der Waals surface area contributed by atoms with Gasteiger partial charge in [0, 0.05) is 0 Å². The van der Waals surface area contributed by atoms with Crippen molar-refractivity contribution in [3.05, 3.63) is 90.0 Å². The SMILES string of the molecule is CCC(C)c1ccc(S(=O)(=O)ON=C(C)c2ccc(Oc3ccccc3)cc2)cc1. The van der Waals surface area contributed by atoms with Crippen LogP contribution in [0.1, 0.15) is 44.2 Å². The van der Waals surface area contributed by atoms with Gasteiger partial charge in [0.15, 0.2) is 0 Å². The molecule has 0 fully saturated rings. The molecule has 6 heteroatoms. The van der Waals surface area contributed by atoms with Crippen molar-refractivity contribution >= 4 is 15.8 Å². The van der Waals surface area contributed by atoms with E-state index in [1.54, 1.807) is 43.3 Å². The van der Waals surface area contributed by atoms with E-state index in [1.807, 2.05) is 42.5 Å². The minimum atomic E-state index is -3.97. The first-order valence-corrected chi connectivity index (χ1v) is 11.2. The number of ether oxygens (including phenoxy) is 1. The standard InChI is InChI=1S/C24H25NO4S/c1-4-18(2)20-12-16-24(17-13-20)30(26,27)29-25-19(3)21-10-14-23(15-11-21)28-22-8-6-5-7-9-22/h5-18H,4H2,1-3H3. The summed E-state index contributed by atoms with van der Waals surface area (Å²) in [4.78, 5) is 0.0812. The van der Waals surface area contributed by atoms with Crippen LogP contribution in [0.4, 0.5) is 0 Å². The van der Waals surface area contributed by atoms with Crippen LogP contribution in [-0.4, -0.2) is 14.1 Å². The summed E-state index contributed by atoms with van der Waals surface area (Å²) in [5.74, 6) is 1.79. The van der Waals surface area contributed by atoms with Crippen molar-refractivity contribution in [2.24, 2.45) is 5.16 Å². The molecule has 0 amide bonds. The van der Waals surface area contributed by atoms with Crippen LogP contribution in [0.2, 0.25) is 0 Å². The van der Waals surface area contributed by atoms with Gasteiger partial charge >= 0.3 is 10.1 Å². The largest absolute Gasteiger partial charge is 0.457 e. The Bertz CT molecular complexity index is 1090. The highest BCUT2D eigenvalue weighted by atomic mass is 32.2. The zero-order valence-electron chi connectivity index (χ0n) is 17.3. The van der Waals surface area contributed by atoms with Gasteiger partial charge in [0.05, 0.1) is 5.71 Å². The Labute approximate surface area is 178 Å². The molecule has 0 aliphatic heterocycles. The van der Waals surface area contributed by atoms with Crippen LogP contribution in [0.3, 0.4) is 0 Å². The highest BCUT2D eigenvalue weighted by Gasteiger charge is 2.16. The average Bonchev–Trinajstić information content (AvgIpc) is 2.78. The summed E-state index contributed by atoms with van der Waals surface area (Å²) >= 11 is 0. The molecule has 3 rings (SSSR count). The Morgan fingerprint density at radius 2 is 1.50 bits per heavy atom. The predicted molar refractivity (Wildman–Crippen MR) is 119 cm³/mol. The number of para-hydroxylation sites is 1. The lowest BCUT2D eigenvalue weighted by molar-refractivity contribution is 0.338. The normalized spacial score (nSPS) is 13.0. The molecule has 0 heterocycles. The van der Waals surface area contributed by atoms with Gasteiger partial charge in [-0.15, -0.1) is 0 Å². The molecule has 0 saturated carbocycles. The van der Waals surface area contributed by atoms with Gasteiger partial charge in [0.2, 0.25) is 0 Å². The van der Waals surface area contributed by atoms with E-state index in [-0.39, 0.29) is 4.90 Å². The Hall–Kier alpha value is -3.12. The molecule has 0 N–H and O–H groups in total. The maximum absolute atomic E-state index is 12.4. The number of hydrogen-bond acceptors (Lipinski definition) is 5. The van der Waals surface area contributed by atoms with Crippen LogP contribution in [0.25, 0.3) is 0 Å². The fraction of sp³-hybridized carbons (Fsp3) is 0.208. The predicted octanol–water partition coefficient (Wildman–Crippen LogP) is 6.12. The summed E-state index contributed by atoms with van der Waals surface area (Å²) in [5.41, 5.74) is 2.27. The van der Waals surface area contributed by atoms with E-state index >= 15 is 0 Å². The summed E-state index contributed by atoms with van der Waals surface area (Å²) in [5, 5.41) is 3.82. The van der Waals surface area contributed by atoms with Crippen molar-refractivity contribution < 1.29 is 17.4 Å². The van der Waals surface area contributed by atoms with Crippen LogP contribution in [0, 0.1) is 0 Å². The Morgan fingerprint density at radius 3 is 2.10 bits per heavy atom. The molecule has 1 atom stereocenters. The molecule has 0 radical (unpaired) electrons. The second kappa shape index (κ2) is 9.59. The Morgan fingerprint density at radius 1 is 0.900 bits per heavy atom. The van der Waals surface area contributed by atoms with Gasteiger partial charge in [0.1, 0.15) is 16.4 Å². The van der Waals surface area contributed by atoms with E-state index in [9.17, 15) is 8.42 Å². The molecule has 30 heavy (non-hydrogen) atoms. The van der Waals surface area contributed by atoms with Gasteiger partial charge in [-0.3, -0.25) is 4.28 Å². The van der Waals surface area contributed by atoms with Gasteiger partial charge in [-0.1, -0.05) is 49.3 Å². The van der Waals surface area contributed by atoms with Crippen molar-refractivity contribution in [1.82, 2.24) is 0 Å². The lowest BCUT2D eigenvalue weighted by Gasteiger charge is -2.09. The topological polar surface area (TPSA) is 65.0 Å². The molecule has 0 bridgehead atoms. The smallest absolute Gasteiger partial charge is 0.358 e. The van der Waals surface area contributed by atoms with Gasteiger partial charge < -0.3 is 4.74 Å². The third-order valence-corrected chi connectivity index (χ3v) is 5.99. The lowest BCUT2D eigenvalue weighted by Crippen LogP contribution is -2.05. The van der Waals surface area contributed by atoms with Crippen LogP contribution in [0.5, 0.6) is 11.5 Å². The average molecular weight is 424 g/mol.